The van der Waals surface area contributed by atoms with Crippen molar-refractivity contribution >= 4 is 5.97 Å². The van der Waals surface area contributed by atoms with E-state index in [1.54, 1.807) is 6.08 Å². The number of ether oxygens (including phenoxy) is 1. The molecule has 0 rings (SSSR count). The van der Waals surface area contributed by atoms with Crippen molar-refractivity contribution in [2.24, 2.45) is 0 Å². The highest BCUT2D eigenvalue weighted by Gasteiger charge is 1.94. The van der Waals surface area contributed by atoms with Crippen molar-refractivity contribution in [3.8, 4) is 0 Å². The van der Waals surface area contributed by atoms with E-state index in [1.807, 2.05) is 6.92 Å². The molecule has 0 spiro atoms. The molecule has 9 heavy (non-hydrogen) atoms. The zero-order chi connectivity index (χ0) is 7.11. The van der Waals surface area contributed by atoms with Gasteiger partial charge in [0.2, 0.25) is 0 Å². The van der Waals surface area contributed by atoms with E-state index in [9.17, 15) is 9.90 Å². The molecule has 0 aliphatic carbocycles. The number of hydrogen-bond donors (Lipinski definition) is 0. The first-order valence-electron chi connectivity index (χ1n) is 2.73. The van der Waals surface area contributed by atoms with Gasteiger partial charge < -0.3 is 4.74 Å². The first-order chi connectivity index (χ1) is 4.31. The lowest BCUT2D eigenvalue weighted by Crippen LogP contribution is -2.02. The van der Waals surface area contributed by atoms with Crippen molar-refractivity contribution < 1.29 is 14.6 Å². The predicted octanol–water partition coefficient (Wildman–Crippen LogP) is 0.884. The highest BCUT2D eigenvalue weighted by atomic mass is 16.5. The van der Waals surface area contributed by atoms with Gasteiger partial charge in [0.25, 0.3) is 0 Å². The van der Waals surface area contributed by atoms with E-state index in [2.05, 4.69) is 4.74 Å². The number of allylic oxidation sites excluding steroid dienone is 1. The molecule has 0 fully saturated rings. The number of carbonyl (C=O) groups excluding carboxylic acids is 1. The number of hydrogen-bond acceptors (Lipinski definition) is 2. The van der Waals surface area contributed by atoms with Crippen LogP contribution in [0.2, 0.25) is 0 Å². The summed E-state index contributed by atoms with van der Waals surface area (Å²) in [6.07, 6.45) is 3.69. The van der Waals surface area contributed by atoms with E-state index in [4.69, 9.17) is 0 Å². The topological polar surface area (TPSA) is 46.2 Å². The molecule has 0 aromatic carbocycles. The molecule has 0 unspecified atom stereocenters. The highest BCUT2D eigenvalue weighted by Crippen LogP contribution is 1.82. The molecule has 0 bridgehead atoms. The number of rotatable bonds is 3. The fraction of sp³-hybridized carbons (Fsp3) is 0.500. The summed E-state index contributed by atoms with van der Waals surface area (Å²) < 4.78 is 4.30. The maximum atomic E-state index is 10.1. The molecule has 0 saturated heterocycles. The fourth-order valence-corrected chi connectivity index (χ4v) is 0.254. The van der Waals surface area contributed by atoms with Gasteiger partial charge in [-0.1, -0.05) is 6.92 Å². The Balaban J connectivity index is 3.26. The molecule has 0 aliphatic rings. The Bertz CT molecular complexity index is 107. The van der Waals surface area contributed by atoms with Gasteiger partial charge in [0.15, 0.2) is 6.61 Å². The molecule has 0 N–H and O–H groups in total. The van der Waals surface area contributed by atoms with E-state index >= 15 is 0 Å². The molecule has 0 aliphatic heterocycles. The van der Waals surface area contributed by atoms with Crippen molar-refractivity contribution in [3.05, 3.63) is 12.3 Å². The van der Waals surface area contributed by atoms with Crippen LogP contribution in [0.15, 0.2) is 12.3 Å². The van der Waals surface area contributed by atoms with Crippen molar-refractivity contribution in [1.29, 1.82) is 0 Å². The summed E-state index contributed by atoms with van der Waals surface area (Å²) in [7, 11) is 0. The van der Waals surface area contributed by atoms with E-state index in [-0.39, 0.29) is 0 Å². The smallest absolute Gasteiger partial charge is 0.340 e. The van der Waals surface area contributed by atoms with Crippen molar-refractivity contribution in [1.82, 2.24) is 0 Å². The third kappa shape index (κ3) is 5.03. The molecule has 0 atom stereocenters. The van der Waals surface area contributed by atoms with E-state index in [0.717, 1.165) is 6.42 Å². The lowest BCUT2D eigenvalue weighted by atomic mass is 10.5. The van der Waals surface area contributed by atoms with Crippen LogP contribution in [0.3, 0.4) is 0 Å². The maximum Gasteiger partial charge on any atom is 0.340 e. The normalized spacial score (nSPS) is 10.0. The van der Waals surface area contributed by atoms with Crippen LogP contribution in [-0.4, -0.2) is 12.6 Å². The molecule has 0 amide bonds. The van der Waals surface area contributed by atoms with E-state index in [0.29, 0.717) is 0 Å². The van der Waals surface area contributed by atoms with E-state index < -0.39 is 12.6 Å². The van der Waals surface area contributed by atoms with Crippen LogP contribution < -0.4 is 0 Å². The Morgan fingerprint density at radius 1 is 1.67 bits per heavy atom. The van der Waals surface area contributed by atoms with Gasteiger partial charge in [-0.2, -0.15) is 0 Å². The lowest BCUT2D eigenvalue weighted by molar-refractivity contribution is -0.143. The minimum Gasteiger partial charge on any atom is -0.433 e. The number of esters is 1. The predicted molar refractivity (Wildman–Crippen MR) is 31.1 cm³/mol. The molecule has 0 saturated carbocycles. The van der Waals surface area contributed by atoms with Gasteiger partial charge in [0.1, 0.15) is 0 Å². The van der Waals surface area contributed by atoms with Crippen molar-refractivity contribution in [2.45, 2.75) is 13.3 Å². The molecule has 0 aromatic heterocycles. The largest absolute Gasteiger partial charge is 0.433 e. The molecule has 0 heterocycles. The minimum absolute atomic E-state index is 0.736. The second kappa shape index (κ2) is 5.31. The Morgan fingerprint density at radius 3 is 2.78 bits per heavy atom. The van der Waals surface area contributed by atoms with Crippen LogP contribution in [0.4, 0.5) is 0 Å². The summed E-state index contributed by atoms with van der Waals surface area (Å²) in [6.45, 7) is 1.09. The Kier molecular flexibility index (Phi) is 4.82. The molecule has 3 heteroatoms. The second-order valence-corrected chi connectivity index (χ2v) is 1.41. The fourth-order valence-electron chi connectivity index (χ4n) is 0.254. The van der Waals surface area contributed by atoms with Gasteiger partial charge in [0, 0.05) is 0 Å². The van der Waals surface area contributed by atoms with Gasteiger partial charge in [-0.3, -0.25) is 0 Å². The molecule has 51 valence electrons. The summed E-state index contributed by atoms with van der Waals surface area (Å²) in [5.41, 5.74) is 0. The summed E-state index contributed by atoms with van der Waals surface area (Å²) in [4.78, 5) is 10.1. The molecular formula is C6H9O3. The highest BCUT2D eigenvalue weighted by molar-refractivity contribution is 5.70. The number of carbonyl (C=O) groups is 1. The van der Waals surface area contributed by atoms with Crippen LogP contribution in [0.5, 0.6) is 0 Å². The summed E-state index contributed by atoms with van der Waals surface area (Å²) in [5, 5.41) is 9.72. The van der Waals surface area contributed by atoms with Crippen LogP contribution in [-0.2, 0) is 14.6 Å². The van der Waals surface area contributed by atoms with E-state index in [1.165, 1.54) is 6.26 Å². The SMILES string of the molecule is CC/C=C/OC(=O)C[O]. The van der Waals surface area contributed by atoms with Crippen LogP contribution in [0, 0.1) is 0 Å². The maximum absolute atomic E-state index is 10.1. The zero-order valence-corrected chi connectivity index (χ0v) is 5.29. The average molecular weight is 129 g/mol. The van der Waals surface area contributed by atoms with Crippen molar-refractivity contribution in [3.63, 3.8) is 0 Å². The third-order valence-electron chi connectivity index (χ3n) is 0.649. The first kappa shape index (κ1) is 8.17. The third-order valence-corrected chi connectivity index (χ3v) is 0.649. The average Bonchev–Trinajstić information content (AvgIpc) is 1.89. The van der Waals surface area contributed by atoms with Gasteiger partial charge in [-0.15, -0.1) is 0 Å². The Labute approximate surface area is 53.9 Å². The zero-order valence-electron chi connectivity index (χ0n) is 5.29. The molecular weight excluding hydrogens is 120 g/mol. The first-order valence-corrected chi connectivity index (χ1v) is 2.73. The van der Waals surface area contributed by atoms with Crippen molar-refractivity contribution in [2.75, 3.05) is 6.61 Å². The van der Waals surface area contributed by atoms with Gasteiger partial charge in [-0.05, 0) is 12.5 Å². The van der Waals surface area contributed by atoms with Crippen LogP contribution in [0.25, 0.3) is 0 Å². The second-order valence-electron chi connectivity index (χ2n) is 1.41. The summed E-state index contributed by atoms with van der Waals surface area (Å²) >= 11 is 0. The van der Waals surface area contributed by atoms with Gasteiger partial charge in [0.05, 0.1) is 6.26 Å². The summed E-state index contributed by atoms with van der Waals surface area (Å²) in [6, 6.07) is 0. The molecule has 1 radical (unpaired) electrons. The van der Waals surface area contributed by atoms with Crippen LogP contribution >= 0.6 is 0 Å². The Morgan fingerprint density at radius 2 is 2.33 bits per heavy atom. The monoisotopic (exact) mass is 129 g/mol. The standard InChI is InChI=1S/C6H9O3/c1-2-3-4-9-6(8)5-7/h3-4H,2,5H2,1H3/b4-3+. The lowest BCUT2D eigenvalue weighted by Gasteiger charge is -1.89. The van der Waals surface area contributed by atoms with Gasteiger partial charge in [-0.25, -0.2) is 9.90 Å². The summed E-state index contributed by atoms with van der Waals surface area (Å²) in [5.74, 6) is -0.736. The van der Waals surface area contributed by atoms with Gasteiger partial charge >= 0.3 is 5.97 Å². The quantitative estimate of drug-likeness (QED) is 0.419. The Hall–Kier alpha value is -0.830. The minimum atomic E-state index is -0.811. The van der Waals surface area contributed by atoms with Crippen LogP contribution in [0.1, 0.15) is 13.3 Å². The molecule has 0 aromatic rings. The molecule has 3 nitrogen and oxygen atoms in total.